The van der Waals surface area contributed by atoms with Crippen LogP contribution in [0.4, 0.5) is 0 Å². The van der Waals surface area contributed by atoms with Gasteiger partial charge in [0, 0.05) is 48.4 Å². The number of aromatic nitrogens is 2. The van der Waals surface area contributed by atoms with Gasteiger partial charge in [0.05, 0.1) is 27.9 Å². The van der Waals surface area contributed by atoms with Gasteiger partial charge in [0.2, 0.25) is 0 Å². The van der Waals surface area contributed by atoms with Gasteiger partial charge in [-0.3, -0.25) is 9.69 Å². The second kappa shape index (κ2) is 18.4. The zero-order valence-electron chi connectivity index (χ0n) is 24.0. The van der Waals surface area contributed by atoms with Gasteiger partial charge in [-0.25, -0.2) is 9.97 Å². The van der Waals surface area contributed by atoms with Gasteiger partial charge >= 0.3 is 0 Å². The monoisotopic (exact) mass is 604 g/mol. The van der Waals surface area contributed by atoms with E-state index in [9.17, 15) is 4.79 Å². The molecule has 2 N–H and O–H groups in total. The van der Waals surface area contributed by atoms with Crippen molar-refractivity contribution in [3.63, 3.8) is 0 Å². The van der Waals surface area contributed by atoms with Crippen molar-refractivity contribution in [2.24, 2.45) is 5.73 Å². The number of benzene rings is 3. The lowest BCUT2D eigenvalue weighted by Gasteiger charge is -2.22. The Bertz CT molecular complexity index is 1350. The van der Waals surface area contributed by atoms with Gasteiger partial charge in [0.15, 0.2) is 0 Å². The molecule has 5 aromatic rings. The SMILES string of the molecule is COc1ccc(C=O)cc1.COc1ccc(CN(Cc2ccc(OC)cc2)Cc2nccs2)cc1.NCc1nccs1. The van der Waals surface area contributed by atoms with Crippen LogP contribution in [0, 0.1) is 0 Å². The number of rotatable bonds is 11. The third kappa shape index (κ3) is 11.4. The van der Waals surface area contributed by atoms with E-state index in [1.54, 1.807) is 74.5 Å². The van der Waals surface area contributed by atoms with E-state index < -0.39 is 0 Å². The third-order valence-corrected chi connectivity index (χ3v) is 7.45. The van der Waals surface area contributed by atoms with Gasteiger partial charge in [-0.05, 0) is 59.7 Å². The molecule has 2 aromatic heterocycles. The molecule has 42 heavy (non-hydrogen) atoms. The molecule has 0 aliphatic heterocycles. The molecule has 10 heteroatoms. The molecule has 2 heterocycles. The fourth-order valence-electron chi connectivity index (χ4n) is 3.70. The van der Waals surface area contributed by atoms with E-state index in [1.807, 2.05) is 41.2 Å². The average Bonchev–Trinajstić information content (AvgIpc) is 3.77. The molecule has 0 unspecified atom stereocenters. The first-order chi connectivity index (χ1) is 20.6. The van der Waals surface area contributed by atoms with Crippen molar-refractivity contribution in [1.82, 2.24) is 14.9 Å². The zero-order valence-corrected chi connectivity index (χ0v) is 25.6. The summed E-state index contributed by atoms with van der Waals surface area (Å²) in [4.78, 5) is 20.9. The highest BCUT2D eigenvalue weighted by atomic mass is 32.1. The van der Waals surface area contributed by atoms with E-state index in [0.717, 1.165) is 53.2 Å². The number of thiazole rings is 2. The molecule has 0 saturated carbocycles. The van der Waals surface area contributed by atoms with Gasteiger partial charge in [0.1, 0.15) is 33.5 Å². The highest BCUT2D eigenvalue weighted by Gasteiger charge is 2.10. The highest BCUT2D eigenvalue weighted by Crippen LogP contribution is 2.19. The smallest absolute Gasteiger partial charge is 0.150 e. The molecule has 0 spiro atoms. The first-order valence-electron chi connectivity index (χ1n) is 13.1. The number of carbonyl (C=O) groups is 1. The number of aldehydes is 1. The Hall–Kier alpha value is -4.09. The number of carbonyl (C=O) groups excluding carboxylic acids is 1. The predicted molar refractivity (Wildman–Crippen MR) is 169 cm³/mol. The summed E-state index contributed by atoms with van der Waals surface area (Å²) in [5, 5.41) is 6.07. The Balaban J connectivity index is 0.000000231. The summed E-state index contributed by atoms with van der Waals surface area (Å²) in [6.45, 7) is 3.11. The maximum absolute atomic E-state index is 10.2. The number of hydrogen-bond donors (Lipinski definition) is 1. The van der Waals surface area contributed by atoms with E-state index in [-0.39, 0.29) is 0 Å². The van der Waals surface area contributed by atoms with Crippen molar-refractivity contribution in [3.8, 4) is 17.2 Å². The van der Waals surface area contributed by atoms with Crippen LogP contribution in [0.25, 0.3) is 0 Å². The van der Waals surface area contributed by atoms with Crippen LogP contribution < -0.4 is 19.9 Å². The maximum Gasteiger partial charge on any atom is 0.150 e. The summed E-state index contributed by atoms with van der Waals surface area (Å²) in [7, 11) is 4.97. The van der Waals surface area contributed by atoms with Gasteiger partial charge < -0.3 is 19.9 Å². The molecule has 0 fully saturated rings. The molecule has 5 rings (SSSR count). The summed E-state index contributed by atoms with van der Waals surface area (Å²) in [5.74, 6) is 2.53. The summed E-state index contributed by atoms with van der Waals surface area (Å²) < 4.78 is 15.4. The molecule has 0 radical (unpaired) electrons. The molecule has 220 valence electrons. The van der Waals surface area contributed by atoms with Crippen LogP contribution in [0.3, 0.4) is 0 Å². The number of hydrogen-bond acceptors (Lipinski definition) is 10. The van der Waals surface area contributed by atoms with Gasteiger partial charge in [0.25, 0.3) is 0 Å². The van der Waals surface area contributed by atoms with Gasteiger partial charge in [-0.2, -0.15) is 0 Å². The molecule has 0 aliphatic carbocycles. The fourth-order valence-corrected chi connectivity index (χ4v) is 4.86. The lowest BCUT2D eigenvalue weighted by atomic mass is 10.1. The number of methoxy groups -OCH3 is 3. The average molecular weight is 605 g/mol. The number of nitrogens with two attached hydrogens (primary N) is 1. The van der Waals surface area contributed by atoms with Crippen LogP contribution in [0.15, 0.2) is 96.0 Å². The van der Waals surface area contributed by atoms with Crippen LogP contribution in [-0.4, -0.2) is 42.5 Å². The van der Waals surface area contributed by atoms with Crippen molar-refractivity contribution in [3.05, 3.63) is 123 Å². The van der Waals surface area contributed by atoms with Gasteiger partial charge in [-0.1, -0.05) is 24.3 Å². The van der Waals surface area contributed by atoms with Crippen molar-refractivity contribution in [2.75, 3.05) is 21.3 Å². The normalized spacial score (nSPS) is 10.1. The summed E-state index contributed by atoms with van der Waals surface area (Å²) in [6, 6.07) is 23.4. The quantitative estimate of drug-likeness (QED) is 0.171. The van der Waals surface area contributed by atoms with E-state index in [0.29, 0.717) is 12.1 Å². The van der Waals surface area contributed by atoms with E-state index in [1.165, 1.54) is 11.1 Å². The van der Waals surface area contributed by atoms with Crippen LogP contribution in [-0.2, 0) is 26.2 Å². The number of ether oxygens (including phenoxy) is 3. The van der Waals surface area contributed by atoms with Crippen LogP contribution in [0.5, 0.6) is 17.2 Å². The van der Waals surface area contributed by atoms with Crippen molar-refractivity contribution < 1.29 is 19.0 Å². The molecule has 0 atom stereocenters. The van der Waals surface area contributed by atoms with E-state index in [4.69, 9.17) is 19.9 Å². The Morgan fingerprint density at radius 2 is 1.10 bits per heavy atom. The Morgan fingerprint density at radius 1 is 0.667 bits per heavy atom. The second-order valence-electron chi connectivity index (χ2n) is 8.79. The van der Waals surface area contributed by atoms with Crippen molar-refractivity contribution in [2.45, 2.75) is 26.2 Å². The fraction of sp³-hybridized carbons (Fsp3) is 0.219. The lowest BCUT2D eigenvalue weighted by Crippen LogP contribution is -2.22. The highest BCUT2D eigenvalue weighted by molar-refractivity contribution is 7.09. The molecule has 0 saturated heterocycles. The minimum Gasteiger partial charge on any atom is -0.497 e. The Kier molecular flexibility index (Phi) is 14.2. The Labute approximate surface area is 255 Å². The molecule has 8 nitrogen and oxygen atoms in total. The van der Waals surface area contributed by atoms with Crippen LogP contribution in [0.2, 0.25) is 0 Å². The topological polar surface area (TPSA) is 99.8 Å². The standard InChI is InChI=1S/C20H22N2O2S.C8H8O2.C4H6N2S/c1-23-18-7-3-16(4-8-18)13-22(15-20-21-11-12-25-20)14-17-5-9-19(24-2)10-6-17;1-10-8-4-2-7(6-9)3-5-8;5-3-4-6-1-2-7-4/h3-12H,13-15H2,1-2H3;2-6H,1H3;1-2H,3,5H2. The third-order valence-electron chi connectivity index (χ3n) is 5.88. The van der Waals surface area contributed by atoms with E-state index >= 15 is 0 Å². The summed E-state index contributed by atoms with van der Waals surface area (Å²) >= 11 is 3.28. The molecular formula is C32H36N4O4S2. The minimum atomic E-state index is 0.567. The first kappa shape index (κ1) is 32.4. The zero-order chi connectivity index (χ0) is 30.0. The molecular weight excluding hydrogens is 569 g/mol. The molecule has 0 amide bonds. The predicted octanol–water partition coefficient (Wildman–Crippen LogP) is 6.47. The minimum absolute atomic E-state index is 0.567. The molecule has 0 aliphatic rings. The summed E-state index contributed by atoms with van der Waals surface area (Å²) in [5.41, 5.74) is 8.42. The summed E-state index contributed by atoms with van der Waals surface area (Å²) in [6.07, 6.45) is 4.42. The van der Waals surface area contributed by atoms with Crippen molar-refractivity contribution >= 4 is 29.0 Å². The maximum atomic E-state index is 10.2. The largest absolute Gasteiger partial charge is 0.497 e. The Morgan fingerprint density at radius 3 is 1.43 bits per heavy atom. The molecule has 0 bridgehead atoms. The van der Waals surface area contributed by atoms with Crippen LogP contribution >= 0.6 is 22.7 Å². The molecule has 3 aromatic carbocycles. The van der Waals surface area contributed by atoms with E-state index in [2.05, 4.69) is 39.1 Å². The first-order valence-corrected chi connectivity index (χ1v) is 14.9. The van der Waals surface area contributed by atoms with Gasteiger partial charge in [-0.15, -0.1) is 22.7 Å². The lowest BCUT2D eigenvalue weighted by molar-refractivity contribution is 0.112. The second-order valence-corrected chi connectivity index (χ2v) is 10.7. The van der Waals surface area contributed by atoms with Crippen molar-refractivity contribution in [1.29, 1.82) is 0 Å². The number of nitrogens with zero attached hydrogens (tertiary/aromatic N) is 3. The van der Waals surface area contributed by atoms with Crippen LogP contribution in [0.1, 0.15) is 31.5 Å².